The molecule has 0 bridgehead atoms. The van der Waals surface area contributed by atoms with Crippen LogP contribution in [0.2, 0.25) is 0 Å². The highest BCUT2D eigenvalue weighted by Crippen LogP contribution is 2.24. The molecule has 0 aliphatic heterocycles. The first-order chi connectivity index (χ1) is 7.90. The van der Waals surface area contributed by atoms with Crippen LogP contribution >= 0.6 is 11.3 Å². The molecule has 0 spiro atoms. The highest BCUT2D eigenvalue weighted by atomic mass is 32.1. The minimum atomic E-state index is -0.0864. The van der Waals surface area contributed by atoms with E-state index in [-0.39, 0.29) is 24.7 Å². The second-order valence-electron chi connectivity index (χ2n) is 4.33. The Balaban J connectivity index is 2.51. The van der Waals surface area contributed by atoms with Gasteiger partial charge in [0.15, 0.2) is 0 Å². The minimum Gasteiger partial charge on any atom is -0.369 e. The van der Waals surface area contributed by atoms with Gasteiger partial charge in [-0.1, -0.05) is 0 Å². The number of aromatic nitrogens is 1. The quantitative estimate of drug-likeness (QED) is 0.880. The number of nitrogens with one attached hydrogen (secondary N) is 1. The molecule has 1 heterocycles. The molecule has 17 heavy (non-hydrogen) atoms. The average molecular weight is 256 g/mol. The summed E-state index contributed by atoms with van der Waals surface area (Å²) in [6.07, 6.45) is 0.0726. The third-order valence-electron chi connectivity index (χ3n) is 2.26. The van der Waals surface area contributed by atoms with Crippen LogP contribution in [0.15, 0.2) is 0 Å². The van der Waals surface area contributed by atoms with E-state index in [1.54, 1.807) is 11.3 Å². The third-order valence-corrected chi connectivity index (χ3v) is 3.51. The first-order valence-electron chi connectivity index (χ1n) is 5.75. The van der Waals surface area contributed by atoms with Gasteiger partial charge in [-0.3, -0.25) is 4.79 Å². The highest BCUT2D eigenvalue weighted by Gasteiger charge is 2.15. The molecule has 0 radical (unpaired) electrons. The van der Waals surface area contributed by atoms with E-state index in [0.29, 0.717) is 0 Å². The Bertz CT molecular complexity index is 388. The number of amides is 1. The minimum absolute atomic E-state index is 0.00976. The van der Waals surface area contributed by atoms with Crippen LogP contribution in [0.1, 0.15) is 42.4 Å². The fourth-order valence-corrected chi connectivity index (χ4v) is 2.47. The first kappa shape index (κ1) is 14.1. The summed E-state index contributed by atoms with van der Waals surface area (Å²) in [5, 5.41) is 3.94. The van der Waals surface area contributed by atoms with Gasteiger partial charge in [0.2, 0.25) is 5.91 Å². The van der Waals surface area contributed by atoms with Crippen LogP contribution in [0.25, 0.3) is 0 Å². The molecular weight excluding hydrogens is 236 g/mol. The lowest BCUT2D eigenvalue weighted by atomic mass is 10.2. The van der Waals surface area contributed by atoms with E-state index >= 15 is 0 Å². The van der Waals surface area contributed by atoms with Gasteiger partial charge < -0.3 is 10.1 Å². The zero-order valence-electron chi connectivity index (χ0n) is 11.0. The standard InChI is InChI=1S/C12H20N2O2S/c1-7(2)16-6-11(15)14-9(4)12-8(3)13-10(5)17-12/h7,9H,6H2,1-5H3,(H,14,15). The lowest BCUT2D eigenvalue weighted by Gasteiger charge is -2.14. The summed E-state index contributed by atoms with van der Waals surface area (Å²) >= 11 is 1.62. The number of carbonyl (C=O) groups excluding carboxylic acids is 1. The van der Waals surface area contributed by atoms with Gasteiger partial charge >= 0.3 is 0 Å². The maximum absolute atomic E-state index is 11.6. The zero-order valence-corrected chi connectivity index (χ0v) is 11.9. The van der Waals surface area contributed by atoms with Gasteiger partial charge in [-0.25, -0.2) is 4.98 Å². The average Bonchev–Trinajstić information content (AvgIpc) is 2.55. The smallest absolute Gasteiger partial charge is 0.246 e. The Labute approximate surface area is 106 Å². The van der Waals surface area contributed by atoms with Crippen molar-refractivity contribution in [1.29, 1.82) is 0 Å². The summed E-state index contributed by atoms with van der Waals surface area (Å²) in [5.41, 5.74) is 0.991. The number of nitrogens with zero attached hydrogens (tertiary/aromatic N) is 1. The summed E-state index contributed by atoms with van der Waals surface area (Å²) < 4.78 is 5.25. The van der Waals surface area contributed by atoms with E-state index in [0.717, 1.165) is 15.6 Å². The van der Waals surface area contributed by atoms with E-state index < -0.39 is 0 Å². The van der Waals surface area contributed by atoms with Crippen molar-refractivity contribution < 1.29 is 9.53 Å². The van der Waals surface area contributed by atoms with Crippen LogP contribution in [-0.2, 0) is 9.53 Å². The van der Waals surface area contributed by atoms with Gasteiger partial charge in [-0.2, -0.15) is 0 Å². The molecule has 1 rings (SSSR count). The van der Waals surface area contributed by atoms with Crippen LogP contribution in [0, 0.1) is 13.8 Å². The topological polar surface area (TPSA) is 51.2 Å². The second-order valence-corrected chi connectivity index (χ2v) is 5.57. The molecule has 1 N–H and O–H groups in total. The second kappa shape index (κ2) is 6.12. The predicted molar refractivity (Wildman–Crippen MR) is 69.2 cm³/mol. The van der Waals surface area contributed by atoms with E-state index in [1.807, 2.05) is 34.6 Å². The molecule has 0 aliphatic carbocycles. The summed E-state index contributed by atoms with van der Waals surface area (Å²) in [6, 6.07) is -0.00976. The van der Waals surface area contributed by atoms with Gasteiger partial charge in [0.1, 0.15) is 6.61 Å². The number of thiazole rings is 1. The first-order valence-corrected chi connectivity index (χ1v) is 6.56. The molecule has 0 fully saturated rings. The van der Waals surface area contributed by atoms with Crippen molar-refractivity contribution in [2.75, 3.05) is 6.61 Å². The maximum Gasteiger partial charge on any atom is 0.246 e. The Hall–Kier alpha value is -0.940. The summed E-state index contributed by atoms with van der Waals surface area (Å²) in [7, 11) is 0. The van der Waals surface area contributed by atoms with Crippen LogP contribution in [0.3, 0.4) is 0 Å². The summed E-state index contributed by atoms with van der Waals surface area (Å²) in [4.78, 5) is 17.1. The molecule has 0 aromatic carbocycles. The van der Waals surface area contributed by atoms with Crippen molar-refractivity contribution in [3.8, 4) is 0 Å². The molecule has 1 unspecified atom stereocenters. The van der Waals surface area contributed by atoms with E-state index in [2.05, 4.69) is 10.3 Å². The molecule has 1 aromatic heterocycles. The van der Waals surface area contributed by atoms with Gasteiger partial charge in [-0.15, -0.1) is 11.3 Å². The molecular formula is C12H20N2O2S. The van der Waals surface area contributed by atoms with Crippen molar-refractivity contribution in [3.63, 3.8) is 0 Å². The molecule has 0 saturated carbocycles. The van der Waals surface area contributed by atoms with Crippen molar-refractivity contribution in [3.05, 3.63) is 15.6 Å². The SMILES string of the molecule is Cc1nc(C)c(C(C)NC(=O)COC(C)C)s1. The number of ether oxygens (including phenoxy) is 1. The maximum atomic E-state index is 11.6. The van der Waals surface area contributed by atoms with Gasteiger partial charge in [0, 0.05) is 4.88 Å². The Morgan fingerprint density at radius 2 is 2.06 bits per heavy atom. The third kappa shape index (κ3) is 4.44. The Kier molecular flexibility index (Phi) is 5.08. The van der Waals surface area contributed by atoms with Crippen molar-refractivity contribution in [1.82, 2.24) is 10.3 Å². The van der Waals surface area contributed by atoms with Crippen molar-refractivity contribution in [2.24, 2.45) is 0 Å². The Morgan fingerprint density at radius 1 is 1.41 bits per heavy atom. The van der Waals surface area contributed by atoms with Crippen LogP contribution in [-0.4, -0.2) is 23.6 Å². The molecule has 1 aromatic rings. The zero-order chi connectivity index (χ0) is 13.0. The molecule has 5 heteroatoms. The van der Waals surface area contributed by atoms with Crippen molar-refractivity contribution >= 4 is 17.2 Å². The lowest BCUT2D eigenvalue weighted by Crippen LogP contribution is -2.31. The fourth-order valence-electron chi connectivity index (χ4n) is 1.54. The van der Waals surface area contributed by atoms with Crippen LogP contribution in [0.5, 0.6) is 0 Å². The number of aryl methyl sites for hydroxylation is 2. The number of hydrogen-bond acceptors (Lipinski definition) is 4. The number of hydrogen-bond donors (Lipinski definition) is 1. The summed E-state index contributed by atoms with van der Waals surface area (Å²) in [5.74, 6) is -0.0864. The Morgan fingerprint density at radius 3 is 2.53 bits per heavy atom. The van der Waals surface area contributed by atoms with Crippen LogP contribution in [0.4, 0.5) is 0 Å². The van der Waals surface area contributed by atoms with Gasteiger partial charge in [-0.05, 0) is 34.6 Å². The predicted octanol–water partition coefficient (Wildman–Crippen LogP) is 2.36. The normalized spacial score (nSPS) is 12.8. The fraction of sp³-hybridized carbons (Fsp3) is 0.667. The molecule has 1 amide bonds. The molecule has 0 aliphatic rings. The van der Waals surface area contributed by atoms with E-state index in [9.17, 15) is 4.79 Å². The number of carbonyl (C=O) groups is 1. The molecule has 1 atom stereocenters. The van der Waals surface area contributed by atoms with Gasteiger partial charge in [0.05, 0.1) is 22.8 Å². The van der Waals surface area contributed by atoms with E-state index in [1.165, 1.54) is 0 Å². The van der Waals surface area contributed by atoms with E-state index in [4.69, 9.17) is 4.74 Å². The van der Waals surface area contributed by atoms with Gasteiger partial charge in [0.25, 0.3) is 0 Å². The summed E-state index contributed by atoms with van der Waals surface area (Å²) in [6.45, 7) is 9.83. The lowest BCUT2D eigenvalue weighted by molar-refractivity contribution is -0.127. The molecule has 4 nitrogen and oxygen atoms in total. The molecule has 96 valence electrons. The molecule has 0 saturated heterocycles. The largest absolute Gasteiger partial charge is 0.369 e. The number of rotatable bonds is 5. The monoisotopic (exact) mass is 256 g/mol. The van der Waals surface area contributed by atoms with Crippen LogP contribution < -0.4 is 5.32 Å². The highest BCUT2D eigenvalue weighted by molar-refractivity contribution is 7.11. The van der Waals surface area contributed by atoms with Crippen molar-refractivity contribution in [2.45, 2.75) is 46.8 Å².